The van der Waals surface area contributed by atoms with Gasteiger partial charge in [-0.25, -0.2) is 0 Å². The van der Waals surface area contributed by atoms with Gasteiger partial charge >= 0.3 is 11.9 Å². The number of unbranched alkanes of at least 4 members (excludes halogenated alkanes) is 25. The molecule has 0 aromatic heterocycles. The summed E-state index contributed by atoms with van der Waals surface area (Å²) in [4.78, 5) is 37.9. The molecule has 0 rings (SSSR count). The van der Waals surface area contributed by atoms with Crippen LogP contribution < -0.4 is 4.89 Å². The minimum absolute atomic E-state index is 0.0369. The van der Waals surface area contributed by atoms with Gasteiger partial charge in [0.2, 0.25) is 0 Å². The standard InChI is InChI=1S/C62H110NO8P/c1-6-8-10-12-14-16-18-20-22-24-26-28-30-31-33-34-36-38-40-42-44-46-48-50-52-54-61(64)68-58-60(59-70-72(66,67)69-57-56-63(3,4)5)71-62(65)55-53-51-49-47-45-43-41-39-37-35-32-29-27-25-23-21-19-17-15-13-11-9-7-2/h9,11,15,17-18,20-21,23-24,26-27,29,35,37,60H,6-8,10,12-14,16,19,22,25,28,30-34,36,38-59H2,1-5H3/b11-9-,17-15-,20-18-,23-21-,26-24-,29-27-,37-35-. The van der Waals surface area contributed by atoms with Crippen molar-refractivity contribution in [3.63, 3.8) is 0 Å². The fraction of sp³-hybridized carbons (Fsp3) is 0.742. The number of phosphoric acid groups is 1. The molecule has 0 aromatic rings. The van der Waals surface area contributed by atoms with E-state index in [0.717, 1.165) is 83.5 Å². The van der Waals surface area contributed by atoms with Crippen LogP contribution in [0.4, 0.5) is 0 Å². The van der Waals surface area contributed by atoms with E-state index in [2.05, 4.69) is 98.9 Å². The summed E-state index contributed by atoms with van der Waals surface area (Å²) in [5, 5.41) is 0. The molecule has 0 heterocycles. The normalized spacial score (nSPS) is 13.9. The SMILES string of the molecule is CC/C=C\C/C=C\C/C=C\C/C=C\C/C=C\CCCCCCCCCC(=O)OC(COC(=O)CCCCCCCCCCCCCCC/C=C\C/C=C\CCCCCCC)COP(=O)([O-])OCC[N+](C)(C)C. The molecule has 0 saturated carbocycles. The van der Waals surface area contributed by atoms with Gasteiger partial charge in [0.15, 0.2) is 6.10 Å². The number of nitrogens with zero attached hydrogens (tertiary/aromatic N) is 1. The average Bonchev–Trinajstić information content (AvgIpc) is 3.34. The summed E-state index contributed by atoms with van der Waals surface area (Å²) < 4.78 is 34.2. The Labute approximate surface area is 443 Å². The molecule has 0 fully saturated rings. The molecule has 0 saturated heterocycles. The number of phosphoric ester groups is 1. The molecule has 416 valence electrons. The highest BCUT2D eigenvalue weighted by Gasteiger charge is 2.22. The average molecular weight is 1030 g/mol. The van der Waals surface area contributed by atoms with Crippen molar-refractivity contribution in [2.75, 3.05) is 47.5 Å². The maximum absolute atomic E-state index is 12.8. The van der Waals surface area contributed by atoms with Gasteiger partial charge in [0.1, 0.15) is 19.8 Å². The Balaban J connectivity index is 4.19. The largest absolute Gasteiger partial charge is 0.756 e. The molecule has 0 amide bonds. The third-order valence-corrected chi connectivity index (χ3v) is 13.4. The van der Waals surface area contributed by atoms with Gasteiger partial charge in [-0.05, 0) is 89.9 Å². The minimum atomic E-state index is -4.64. The van der Waals surface area contributed by atoms with Gasteiger partial charge in [-0.15, -0.1) is 0 Å². The highest BCUT2D eigenvalue weighted by Crippen LogP contribution is 2.38. The second kappa shape index (κ2) is 53.0. The van der Waals surface area contributed by atoms with Gasteiger partial charge in [0.25, 0.3) is 7.82 Å². The van der Waals surface area contributed by atoms with Crippen LogP contribution in [-0.4, -0.2) is 70.0 Å². The Bertz CT molecular complexity index is 1490. The molecular formula is C62H110NO8P. The summed E-state index contributed by atoms with van der Waals surface area (Å²) >= 11 is 0. The van der Waals surface area contributed by atoms with E-state index < -0.39 is 26.5 Å². The number of quaternary nitrogens is 1. The van der Waals surface area contributed by atoms with E-state index >= 15 is 0 Å². The predicted molar refractivity (Wildman–Crippen MR) is 305 cm³/mol. The lowest BCUT2D eigenvalue weighted by Gasteiger charge is -2.28. The van der Waals surface area contributed by atoms with Crippen molar-refractivity contribution >= 4 is 19.8 Å². The number of carbonyl (C=O) groups is 2. The summed E-state index contributed by atoms with van der Waals surface area (Å²) in [6, 6.07) is 0. The number of hydrogen-bond acceptors (Lipinski definition) is 8. The summed E-state index contributed by atoms with van der Waals surface area (Å²) in [5.74, 6) is -0.846. The van der Waals surface area contributed by atoms with Crippen LogP contribution in [0.5, 0.6) is 0 Å². The Morgan fingerprint density at radius 2 is 0.792 bits per heavy atom. The van der Waals surface area contributed by atoms with Crippen molar-refractivity contribution < 1.29 is 42.1 Å². The number of ether oxygens (including phenoxy) is 2. The lowest BCUT2D eigenvalue weighted by atomic mass is 10.0. The number of likely N-dealkylation sites (N-methyl/N-ethyl adjacent to an activating group) is 1. The van der Waals surface area contributed by atoms with Gasteiger partial charge in [0.05, 0.1) is 27.7 Å². The van der Waals surface area contributed by atoms with Crippen LogP contribution in [-0.2, 0) is 32.7 Å². The van der Waals surface area contributed by atoms with E-state index in [-0.39, 0.29) is 32.0 Å². The smallest absolute Gasteiger partial charge is 0.306 e. The van der Waals surface area contributed by atoms with E-state index in [9.17, 15) is 19.0 Å². The van der Waals surface area contributed by atoms with Gasteiger partial charge in [-0.3, -0.25) is 14.2 Å². The summed E-state index contributed by atoms with van der Waals surface area (Å²) in [6.07, 6.45) is 70.5. The number of allylic oxidation sites excluding steroid dienone is 14. The lowest BCUT2D eigenvalue weighted by molar-refractivity contribution is -0.870. The first-order valence-electron chi connectivity index (χ1n) is 29.3. The molecule has 0 spiro atoms. The van der Waals surface area contributed by atoms with Crippen LogP contribution in [0.1, 0.15) is 245 Å². The van der Waals surface area contributed by atoms with Gasteiger partial charge in [-0.1, -0.05) is 227 Å². The van der Waals surface area contributed by atoms with Crippen LogP contribution in [0, 0.1) is 0 Å². The van der Waals surface area contributed by atoms with E-state index in [1.165, 1.54) is 128 Å². The molecule has 9 nitrogen and oxygen atoms in total. The molecule has 2 atom stereocenters. The van der Waals surface area contributed by atoms with Crippen LogP contribution in [0.15, 0.2) is 85.1 Å². The van der Waals surface area contributed by atoms with Crippen LogP contribution >= 0.6 is 7.82 Å². The predicted octanol–water partition coefficient (Wildman–Crippen LogP) is 17.6. The molecule has 0 radical (unpaired) electrons. The van der Waals surface area contributed by atoms with E-state index in [0.29, 0.717) is 17.4 Å². The number of carbonyl (C=O) groups excluding carboxylic acids is 2. The molecule has 0 N–H and O–H groups in total. The molecule has 0 aliphatic carbocycles. The Morgan fingerprint density at radius 3 is 1.18 bits per heavy atom. The zero-order valence-corrected chi connectivity index (χ0v) is 48.0. The third kappa shape index (κ3) is 56.5. The van der Waals surface area contributed by atoms with Gasteiger partial charge in [0, 0.05) is 12.8 Å². The van der Waals surface area contributed by atoms with Crippen molar-refractivity contribution in [1.29, 1.82) is 0 Å². The number of esters is 2. The van der Waals surface area contributed by atoms with Crippen molar-refractivity contribution in [2.45, 2.75) is 251 Å². The monoisotopic (exact) mass is 1030 g/mol. The zero-order valence-electron chi connectivity index (χ0n) is 47.1. The molecule has 0 aliphatic heterocycles. The molecular weight excluding hydrogens is 918 g/mol. The number of rotatable bonds is 53. The molecule has 2 unspecified atom stereocenters. The lowest BCUT2D eigenvalue weighted by Crippen LogP contribution is -2.37. The molecule has 0 aliphatic rings. The summed E-state index contributed by atoms with van der Waals surface area (Å²) in [7, 11) is 1.15. The topological polar surface area (TPSA) is 111 Å². The Kier molecular flexibility index (Phi) is 51.0. The highest BCUT2D eigenvalue weighted by atomic mass is 31.2. The van der Waals surface area contributed by atoms with E-state index in [1.54, 1.807) is 0 Å². The molecule has 0 bridgehead atoms. The maximum atomic E-state index is 12.8. The fourth-order valence-corrected chi connectivity index (χ4v) is 8.62. The second-order valence-corrected chi connectivity index (χ2v) is 22.0. The first-order chi connectivity index (χ1) is 35.0. The highest BCUT2D eigenvalue weighted by molar-refractivity contribution is 7.45. The minimum Gasteiger partial charge on any atom is -0.756 e. The molecule has 72 heavy (non-hydrogen) atoms. The first-order valence-corrected chi connectivity index (χ1v) is 30.8. The second-order valence-electron chi connectivity index (χ2n) is 20.6. The van der Waals surface area contributed by atoms with Gasteiger partial charge in [-0.2, -0.15) is 0 Å². The van der Waals surface area contributed by atoms with Crippen LogP contribution in [0.3, 0.4) is 0 Å². The van der Waals surface area contributed by atoms with Crippen LogP contribution in [0.2, 0.25) is 0 Å². The molecule has 10 heteroatoms. The number of hydrogen-bond donors (Lipinski definition) is 0. The fourth-order valence-electron chi connectivity index (χ4n) is 7.89. The summed E-state index contributed by atoms with van der Waals surface area (Å²) in [6.45, 7) is 4.11. The van der Waals surface area contributed by atoms with Crippen molar-refractivity contribution in [3.8, 4) is 0 Å². The third-order valence-electron chi connectivity index (χ3n) is 12.4. The quantitative estimate of drug-likeness (QED) is 0.0195. The first kappa shape index (κ1) is 69.2. The zero-order chi connectivity index (χ0) is 52.7. The van der Waals surface area contributed by atoms with Crippen LogP contribution in [0.25, 0.3) is 0 Å². The van der Waals surface area contributed by atoms with Crippen molar-refractivity contribution in [3.05, 3.63) is 85.1 Å². The van der Waals surface area contributed by atoms with Gasteiger partial charge < -0.3 is 27.9 Å². The summed E-state index contributed by atoms with van der Waals surface area (Å²) in [5.41, 5.74) is 0. The maximum Gasteiger partial charge on any atom is 0.306 e. The van der Waals surface area contributed by atoms with E-state index in [1.807, 2.05) is 21.1 Å². The Morgan fingerprint density at radius 1 is 0.444 bits per heavy atom. The van der Waals surface area contributed by atoms with Crippen molar-refractivity contribution in [2.24, 2.45) is 0 Å². The van der Waals surface area contributed by atoms with Crippen molar-refractivity contribution in [1.82, 2.24) is 0 Å². The van der Waals surface area contributed by atoms with E-state index in [4.69, 9.17) is 18.5 Å². The molecule has 0 aromatic carbocycles. The Hall–Kier alpha value is -2.81.